The van der Waals surface area contributed by atoms with E-state index in [1.165, 1.54) is 0 Å². The Balaban J connectivity index is 2.35. The minimum absolute atomic E-state index is 0.0833. The molecular formula is C4H8N2OS. The minimum atomic E-state index is -0.241. The van der Waals surface area contributed by atoms with Gasteiger partial charge in [-0.1, -0.05) is 0 Å². The molecule has 1 aliphatic rings. The van der Waals surface area contributed by atoms with Gasteiger partial charge in [-0.15, -0.1) is 11.8 Å². The van der Waals surface area contributed by atoms with Crippen molar-refractivity contribution >= 4 is 17.7 Å². The third kappa shape index (κ3) is 1.14. The second-order valence-corrected chi connectivity index (χ2v) is 2.70. The number of carbonyl (C=O) groups is 1. The SMILES string of the molecule is NC(=O)[C@H]1CSCN1. The number of nitrogens with two attached hydrogens (primary N) is 1. The van der Waals surface area contributed by atoms with Crippen LogP contribution in [0.3, 0.4) is 0 Å². The van der Waals surface area contributed by atoms with Crippen molar-refractivity contribution in [3.8, 4) is 0 Å². The molecule has 1 fully saturated rings. The molecule has 0 aromatic rings. The summed E-state index contributed by atoms with van der Waals surface area (Å²) in [6.45, 7) is 0. The van der Waals surface area contributed by atoms with Gasteiger partial charge in [-0.3, -0.25) is 10.1 Å². The standard InChI is InChI=1S/C4H8N2OS/c5-4(7)3-1-8-2-6-3/h3,6H,1-2H2,(H2,5,7)/t3-/m1/s1. The highest BCUT2D eigenvalue weighted by Crippen LogP contribution is 2.07. The van der Waals surface area contributed by atoms with Crippen molar-refractivity contribution in [3.05, 3.63) is 0 Å². The summed E-state index contributed by atoms with van der Waals surface area (Å²) in [6, 6.07) is -0.0833. The van der Waals surface area contributed by atoms with Gasteiger partial charge in [0.05, 0.1) is 6.04 Å². The number of amides is 1. The molecule has 0 aliphatic carbocycles. The number of primary amides is 1. The topological polar surface area (TPSA) is 55.1 Å². The lowest BCUT2D eigenvalue weighted by Crippen LogP contribution is -2.38. The summed E-state index contributed by atoms with van der Waals surface area (Å²) in [5, 5.41) is 2.94. The number of carbonyl (C=O) groups excluding carboxylic acids is 1. The molecule has 1 amide bonds. The van der Waals surface area contributed by atoms with Crippen molar-refractivity contribution in [2.24, 2.45) is 5.73 Å². The zero-order valence-corrected chi connectivity index (χ0v) is 5.20. The molecule has 0 bridgehead atoms. The van der Waals surface area contributed by atoms with Crippen LogP contribution in [0.25, 0.3) is 0 Å². The summed E-state index contributed by atoms with van der Waals surface area (Å²) in [7, 11) is 0. The van der Waals surface area contributed by atoms with Crippen LogP contribution in [0.4, 0.5) is 0 Å². The van der Waals surface area contributed by atoms with Crippen LogP contribution >= 0.6 is 11.8 Å². The first-order chi connectivity index (χ1) is 3.80. The van der Waals surface area contributed by atoms with E-state index in [4.69, 9.17) is 5.73 Å². The number of nitrogens with one attached hydrogen (secondary N) is 1. The summed E-state index contributed by atoms with van der Waals surface area (Å²) in [5.41, 5.74) is 4.98. The zero-order valence-electron chi connectivity index (χ0n) is 4.39. The zero-order chi connectivity index (χ0) is 5.98. The summed E-state index contributed by atoms with van der Waals surface area (Å²) >= 11 is 1.70. The van der Waals surface area contributed by atoms with Crippen molar-refractivity contribution in [1.29, 1.82) is 0 Å². The fourth-order valence-corrected chi connectivity index (χ4v) is 1.53. The molecular weight excluding hydrogens is 124 g/mol. The van der Waals surface area contributed by atoms with Crippen molar-refractivity contribution in [2.45, 2.75) is 6.04 Å². The van der Waals surface area contributed by atoms with Gasteiger partial charge < -0.3 is 5.73 Å². The van der Waals surface area contributed by atoms with E-state index < -0.39 is 0 Å². The smallest absolute Gasteiger partial charge is 0.235 e. The number of thioether (sulfide) groups is 1. The van der Waals surface area contributed by atoms with Gasteiger partial charge in [0, 0.05) is 11.6 Å². The Morgan fingerprint density at radius 3 is 2.88 bits per heavy atom. The van der Waals surface area contributed by atoms with Gasteiger partial charge in [-0.25, -0.2) is 0 Å². The lowest BCUT2D eigenvalue weighted by atomic mass is 10.3. The second kappa shape index (κ2) is 2.37. The Labute approximate surface area is 52.0 Å². The molecule has 0 aromatic carbocycles. The quantitative estimate of drug-likeness (QED) is 0.488. The highest BCUT2D eigenvalue weighted by atomic mass is 32.2. The van der Waals surface area contributed by atoms with Gasteiger partial charge in [-0.05, 0) is 0 Å². The highest BCUT2D eigenvalue weighted by molar-refractivity contribution is 7.99. The maximum absolute atomic E-state index is 10.3. The van der Waals surface area contributed by atoms with Gasteiger partial charge in [0.15, 0.2) is 0 Å². The molecule has 1 heterocycles. The molecule has 0 saturated carbocycles. The Bertz CT molecular complexity index is 100. The van der Waals surface area contributed by atoms with Crippen molar-refractivity contribution in [1.82, 2.24) is 5.32 Å². The third-order valence-electron chi connectivity index (χ3n) is 1.06. The van der Waals surface area contributed by atoms with E-state index in [1.807, 2.05) is 0 Å². The molecule has 0 aromatic heterocycles. The van der Waals surface area contributed by atoms with Crippen LogP contribution in [-0.4, -0.2) is 23.6 Å². The summed E-state index contributed by atoms with van der Waals surface area (Å²) in [4.78, 5) is 10.3. The van der Waals surface area contributed by atoms with Gasteiger partial charge in [0.1, 0.15) is 0 Å². The van der Waals surface area contributed by atoms with Crippen LogP contribution < -0.4 is 11.1 Å². The molecule has 8 heavy (non-hydrogen) atoms. The van der Waals surface area contributed by atoms with E-state index >= 15 is 0 Å². The molecule has 0 unspecified atom stereocenters. The molecule has 1 saturated heterocycles. The lowest BCUT2D eigenvalue weighted by molar-refractivity contribution is -0.119. The van der Waals surface area contributed by atoms with E-state index in [-0.39, 0.29) is 11.9 Å². The van der Waals surface area contributed by atoms with Crippen LogP contribution in [0.5, 0.6) is 0 Å². The number of hydrogen-bond acceptors (Lipinski definition) is 3. The van der Waals surface area contributed by atoms with Crippen LogP contribution in [0.2, 0.25) is 0 Å². The second-order valence-electron chi connectivity index (χ2n) is 1.67. The maximum atomic E-state index is 10.3. The average molecular weight is 132 g/mol. The van der Waals surface area contributed by atoms with E-state index in [9.17, 15) is 4.79 Å². The lowest BCUT2D eigenvalue weighted by Gasteiger charge is -1.99. The molecule has 0 spiro atoms. The molecule has 0 radical (unpaired) electrons. The minimum Gasteiger partial charge on any atom is -0.368 e. The summed E-state index contributed by atoms with van der Waals surface area (Å²) in [5.74, 6) is 1.44. The van der Waals surface area contributed by atoms with Crippen LogP contribution in [0.15, 0.2) is 0 Å². The normalized spacial score (nSPS) is 28.2. The molecule has 1 atom stereocenters. The van der Waals surface area contributed by atoms with E-state index in [1.54, 1.807) is 11.8 Å². The first-order valence-electron chi connectivity index (χ1n) is 2.41. The highest BCUT2D eigenvalue weighted by Gasteiger charge is 2.18. The Morgan fingerprint density at radius 2 is 2.62 bits per heavy atom. The molecule has 4 heteroatoms. The number of rotatable bonds is 1. The van der Waals surface area contributed by atoms with Crippen LogP contribution in [-0.2, 0) is 4.79 Å². The van der Waals surface area contributed by atoms with Gasteiger partial charge in [0.25, 0.3) is 0 Å². The first kappa shape index (κ1) is 5.91. The van der Waals surface area contributed by atoms with E-state index in [0.29, 0.717) is 0 Å². The molecule has 1 rings (SSSR count). The van der Waals surface area contributed by atoms with Gasteiger partial charge in [0.2, 0.25) is 5.91 Å². The van der Waals surface area contributed by atoms with Crippen molar-refractivity contribution < 1.29 is 4.79 Å². The Hall–Kier alpha value is -0.220. The maximum Gasteiger partial charge on any atom is 0.235 e. The third-order valence-corrected chi connectivity index (χ3v) is 2.00. The predicted molar refractivity (Wildman–Crippen MR) is 33.4 cm³/mol. The molecule has 3 N–H and O–H groups in total. The van der Waals surface area contributed by atoms with Crippen molar-refractivity contribution in [2.75, 3.05) is 11.6 Å². The van der Waals surface area contributed by atoms with Crippen LogP contribution in [0, 0.1) is 0 Å². The Kier molecular flexibility index (Phi) is 1.75. The monoisotopic (exact) mass is 132 g/mol. The number of hydrogen-bond donors (Lipinski definition) is 2. The molecule has 1 aliphatic heterocycles. The largest absolute Gasteiger partial charge is 0.368 e. The fourth-order valence-electron chi connectivity index (χ4n) is 0.578. The average Bonchev–Trinajstić information content (AvgIpc) is 2.12. The summed E-state index contributed by atoms with van der Waals surface area (Å²) in [6.07, 6.45) is 0. The van der Waals surface area contributed by atoms with Crippen LogP contribution in [0.1, 0.15) is 0 Å². The van der Waals surface area contributed by atoms with Gasteiger partial charge in [-0.2, -0.15) is 0 Å². The fraction of sp³-hybridized carbons (Fsp3) is 0.750. The van der Waals surface area contributed by atoms with E-state index in [2.05, 4.69) is 5.32 Å². The Morgan fingerprint density at radius 1 is 1.88 bits per heavy atom. The molecule has 3 nitrogen and oxygen atoms in total. The summed E-state index contributed by atoms with van der Waals surface area (Å²) < 4.78 is 0. The first-order valence-corrected chi connectivity index (χ1v) is 3.56. The van der Waals surface area contributed by atoms with E-state index in [0.717, 1.165) is 11.6 Å². The molecule has 46 valence electrons. The van der Waals surface area contributed by atoms with Gasteiger partial charge >= 0.3 is 0 Å². The van der Waals surface area contributed by atoms with Crippen molar-refractivity contribution in [3.63, 3.8) is 0 Å². The predicted octanol–water partition coefficient (Wildman–Crippen LogP) is -0.866.